The Morgan fingerprint density at radius 1 is 1.57 bits per heavy atom. The molecule has 0 aliphatic carbocycles. The predicted molar refractivity (Wildman–Crippen MR) is 52.7 cm³/mol. The van der Waals surface area contributed by atoms with Crippen molar-refractivity contribution < 1.29 is 9.13 Å². The number of methoxy groups -OCH3 is 1. The van der Waals surface area contributed by atoms with Gasteiger partial charge in [-0.2, -0.15) is 0 Å². The van der Waals surface area contributed by atoms with Gasteiger partial charge < -0.3 is 10.1 Å². The highest BCUT2D eigenvalue weighted by atomic mass is 19.1. The summed E-state index contributed by atoms with van der Waals surface area (Å²) in [6.45, 7) is 2.35. The second-order valence-electron chi connectivity index (χ2n) is 3.63. The van der Waals surface area contributed by atoms with Crippen molar-refractivity contribution in [2.75, 3.05) is 20.3 Å². The maximum Gasteiger partial charge on any atom is 0.123 e. The van der Waals surface area contributed by atoms with Gasteiger partial charge in [-0.3, -0.25) is 0 Å². The highest BCUT2D eigenvalue weighted by molar-refractivity contribution is 5.33. The summed E-state index contributed by atoms with van der Waals surface area (Å²) in [4.78, 5) is 0. The van der Waals surface area contributed by atoms with Crippen molar-refractivity contribution in [2.45, 2.75) is 12.5 Å². The van der Waals surface area contributed by atoms with Crippen LogP contribution in [0.4, 0.5) is 4.39 Å². The zero-order valence-electron chi connectivity index (χ0n) is 8.22. The Bertz CT molecular complexity index is 327. The second-order valence-corrected chi connectivity index (χ2v) is 3.63. The molecule has 1 aromatic carbocycles. The van der Waals surface area contributed by atoms with Gasteiger partial charge in [0.15, 0.2) is 0 Å². The molecule has 0 radical (unpaired) electrons. The molecule has 3 heteroatoms. The van der Waals surface area contributed by atoms with Crippen molar-refractivity contribution >= 4 is 0 Å². The molecular formula is C11H14FNO. The molecule has 2 nitrogen and oxygen atoms in total. The van der Waals surface area contributed by atoms with Crippen LogP contribution < -0.4 is 5.32 Å². The molecule has 0 saturated carbocycles. The van der Waals surface area contributed by atoms with E-state index < -0.39 is 0 Å². The molecule has 14 heavy (non-hydrogen) atoms. The normalized spacial score (nSPS) is 20.6. The second kappa shape index (κ2) is 4.07. The third-order valence-electron chi connectivity index (χ3n) is 2.62. The van der Waals surface area contributed by atoms with Gasteiger partial charge in [0.1, 0.15) is 5.82 Å². The smallest absolute Gasteiger partial charge is 0.123 e. The zero-order chi connectivity index (χ0) is 9.97. The van der Waals surface area contributed by atoms with E-state index in [4.69, 9.17) is 4.74 Å². The summed E-state index contributed by atoms with van der Waals surface area (Å²) in [6, 6.07) is 4.99. The standard InChI is InChI=1S/C11H14FNO/c1-14-7-9-6-13-5-8-4-10(12)2-3-11(8)9/h2-4,9,13H,5-7H2,1H3. The largest absolute Gasteiger partial charge is 0.384 e. The maximum atomic E-state index is 12.9. The summed E-state index contributed by atoms with van der Waals surface area (Å²) in [5, 5.41) is 3.26. The first-order valence-electron chi connectivity index (χ1n) is 4.79. The van der Waals surface area contributed by atoms with Crippen LogP contribution in [0, 0.1) is 5.82 Å². The average molecular weight is 195 g/mol. The van der Waals surface area contributed by atoms with Gasteiger partial charge in [-0.1, -0.05) is 6.07 Å². The highest BCUT2D eigenvalue weighted by Crippen LogP contribution is 2.24. The first-order valence-corrected chi connectivity index (χ1v) is 4.79. The van der Waals surface area contributed by atoms with Crippen LogP contribution in [-0.2, 0) is 11.3 Å². The first kappa shape index (κ1) is 9.62. The Morgan fingerprint density at radius 3 is 3.21 bits per heavy atom. The van der Waals surface area contributed by atoms with Crippen molar-refractivity contribution in [1.82, 2.24) is 5.32 Å². The number of fused-ring (bicyclic) bond motifs is 1. The summed E-state index contributed by atoms with van der Waals surface area (Å²) >= 11 is 0. The number of nitrogens with one attached hydrogen (secondary N) is 1. The Labute approximate surface area is 83.1 Å². The van der Waals surface area contributed by atoms with Crippen LogP contribution in [0.25, 0.3) is 0 Å². The van der Waals surface area contributed by atoms with Crippen molar-refractivity contribution in [3.8, 4) is 0 Å². The fourth-order valence-corrected chi connectivity index (χ4v) is 1.97. The minimum atomic E-state index is -0.163. The summed E-state index contributed by atoms with van der Waals surface area (Å²) in [5.74, 6) is 0.188. The molecule has 1 N–H and O–H groups in total. The minimum absolute atomic E-state index is 0.163. The van der Waals surface area contributed by atoms with Gasteiger partial charge in [0, 0.05) is 26.1 Å². The van der Waals surface area contributed by atoms with Crippen molar-refractivity contribution in [2.24, 2.45) is 0 Å². The molecular weight excluding hydrogens is 181 g/mol. The molecule has 76 valence electrons. The number of rotatable bonds is 2. The molecule has 1 aliphatic rings. The van der Waals surface area contributed by atoms with Crippen molar-refractivity contribution in [3.63, 3.8) is 0 Å². The molecule has 1 unspecified atom stereocenters. The lowest BCUT2D eigenvalue weighted by atomic mass is 9.91. The van der Waals surface area contributed by atoms with Gasteiger partial charge >= 0.3 is 0 Å². The van der Waals surface area contributed by atoms with Crippen molar-refractivity contribution in [1.29, 1.82) is 0 Å². The maximum absolute atomic E-state index is 12.9. The summed E-state index contributed by atoms with van der Waals surface area (Å²) in [6.07, 6.45) is 0. The molecule has 1 aliphatic heterocycles. The molecule has 1 aromatic rings. The van der Waals surface area contributed by atoms with Crippen LogP contribution in [0.5, 0.6) is 0 Å². The highest BCUT2D eigenvalue weighted by Gasteiger charge is 2.19. The van der Waals surface area contributed by atoms with E-state index in [2.05, 4.69) is 5.32 Å². The van der Waals surface area contributed by atoms with Gasteiger partial charge in [-0.15, -0.1) is 0 Å². The molecule has 0 amide bonds. The topological polar surface area (TPSA) is 21.3 Å². The number of hydrogen-bond acceptors (Lipinski definition) is 2. The van der Waals surface area contributed by atoms with Crippen LogP contribution in [0.15, 0.2) is 18.2 Å². The molecule has 1 heterocycles. The lowest BCUT2D eigenvalue weighted by molar-refractivity contribution is 0.175. The summed E-state index contributed by atoms with van der Waals surface area (Å²) in [5.41, 5.74) is 2.27. The summed E-state index contributed by atoms with van der Waals surface area (Å²) < 4.78 is 18.1. The van der Waals surface area contributed by atoms with Gasteiger partial charge in [0.25, 0.3) is 0 Å². The molecule has 0 spiro atoms. The van der Waals surface area contributed by atoms with E-state index in [-0.39, 0.29) is 5.82 Å². The van der Waals surface area contributed by atoms with E-state index >= 15 is 0 Å². The third-order valence-corrected chi connectivity index (χ3v) is 2.62. The number of hydrogen-bond donors (Lipinski definition) is 1. The van der Waals surface area contributed by atoms with Crippen LogP contribution >= 0.6 is 0 Å². The predicted octanol–water partition coefficient (Wildman–Crippen LogP) is 1.66. The zero-order valence-corrected chi connectivity index (χ0v) is 8.22. The van der Waals surface area contributed by atoms with E-state index in [0.29, 0.717) is 12.5 Å². The number of benzene rings is 1. The lowest BCUT2D eigenvalue weighted by Gasteiger charge is -2.25. The molecule has 2 rings (SSSR count). The van der Waals surface area contributed by atoms with E-state index in [0.717, 1.165) is 18.7 Å². The van der Waals surface area contributed by atoms with E-state index in [1.54, 1.807) is 13.2 Å². The molecule has 1 atom stereocenters. The average Bonchev–Trinajstić information content (AvgIpc) is 2.18. The van der Waals surface area contributed by atoms with Crippen molar-refractivity contribution in [3.05, 3.63) is 35.1 Å². The van der Waals surface area contributed by atoms with E-state index in [1.165, 1.54) is 11.6 Å². The molecule has 0 aromatic heterocycles. The van der Waals surface area contributed by atoms with E-state index in [1.807, 2.05) is 6.07 Å². The minimum Gasteiger partial charge on any atom is -0.384 e. The lowest BCUT2D eigenvalue weighted by Crippen LogP contribution is -2.30. The van der Waals surface area contributed by atoms with Crippen LogP contribution in [0.1, 0.15) is 17.0 Å². The van der Waals surface area contributed by atoms with Gasteiger partial charge in [0.05, 0.1) is 6.61 Å². The van der Waals surface area contributed by atoms with Crippen LogP contribution in [0.2, 0.25) is 0 Å². The Balaban J connectivity index is 2.30. The van der Waals surface area contributed by atoms with Gasteiger partial charge in [-0.25, -0.2) is 4.39 Å². The van der Waals surface area contributed by atoms with Gasteiger partial charge in [-0.05, 0) is 23.3 Å². The fraction of sp³-hybridized carbons (Fsp3) is 0.455. The molecule has 0 bridgehead atoms. The fourth-order valence-electron chi connectivity index (χ4n) is 1.97. The quantitative estimate of drug-likeness (QED) is 0.775. The number of ether oxygens (including phenoxy) is 1. The Hall–Kier alpha value is -0.930. The van der Waals surface area contributed by atoms with E-state index in [9.17, 15) is 4.39 Å². The first-order chi connectivity index (χ1) is 6.81. The number of halogens is 1. The Kier molecular flexibility index (Phi) is 2.79. The summed E-state index contributed by atoms with van der Waals surface area (Å²) in [7, 11) is 1.69. The Morgan fingerprint density at radius 2 is 2.43 bits per heavy atom. The third kappa shape index (κ3) is 1.79. The molecule has 0 saturated heterocycles. The monoisotopic (exact) mass is 195 g/mol. The SMILES string of the molecule is COCC1CNCc2cc(F)ccc21. The van der Waals surface area contributed by atoms with Crippen LogP contribution in [-0.4, -0.2) is 20.3 Å². The van der Waals surface area contributed by atoms with Gasteiger partial charge in [0.2, 0.25) is 0 Å². The van der Waals surface area contributed by atoms with Crippen LogP contribution in [0.3, 0.4) is 0 Å². The molecule has 0 fully saturated rings.